The molecule has 0 amide bonds. The van der Waals surface area contributed by atoms with Gasteiger partial charge in [-0.25, -0.2) is 0 Å². The molecule has 4 heteroatoms. The first-order chi connectivity index (χ1) is 4.98. The fraction of sp³-hybridized carbons (Fsp3) is 0.857. The summed E-state index contributed by atoms with van der Waals surface area (Å²) in [5.41, 5.74) is 0. The highest BCUT2D eigenvalue weighted by atomic mass is 32.2. The normalized spacial score (nSPS) is 11.5. The molecular weight excluding hydrogens is 180 g/mol. The third kappa shape index (κ3) is 6.56. The van der Waals surface area contributed by atoms with Crippen molar-refractivity contribution in [3.63, 3.8) is 0 Å². The summed E-state index contributed by atoms with van der Waals surface area (Å²) in [6.45, 7) is 2.05. The molecule has 0 aliphatic carbocycles. The molecule has 0 bridgehead atoms. The van der Waals surface area contributed by atoms with E-state index in [9.17, 15) is 4.79 Å². The van der Waals surface area contributed by atoms with Gasteiger partial charge < -0.3 is 5.11 Å². The standard InChI is InChI=1S/C7H14O2S2/c1-2-3-4-7(10,11)5-6(8)9/h10-11H,2-5H2,1H3,(H,8,9). The number of rotatable bonds is 5. The lowest BCUT2D eigenvalue weighted by Crippen LogP contribution is -2.18. The van der Waals surface area contributed by atoms with Crippen molar-refractivity contribution in [2.75, 3.05) is 0 Å². The monoisotopic (exact) mass is 194 g/mol. The number of carboxylic acid groups (broad SMARTS) is 1. The molecule has 0 heterocycles. The van der Waals surface area contributed by atoms with Crippen molar-refractivity contribution < 1.29 is 9.90 Å². The summed E-state index contributed by atoms with van der Waals surface area (Å²) in [6.07, 6.45) is 2.77. The van der Waals surface area contributed by atoms with Gasteiger partial charge in [-0.3, -0.25) is 4.79 Å². The minimum Gasteiger partial charge on any atom is -0.481 e. The molecule has 11 heavy (non-hydrogen) atoms. The van der Waals surface area contributed by atoms with E-state index in [0.29, 0.717) is 0 Å². The topological polar surface area (TPSA) is 37.3 Å². The van der Waals surface area contributed by atoms with E-state index in [1.54, 1.807) is 0 Å². The van der Waals surface area contributed by atoms with Crippen LogP contribution in [0.2, 0.25) is 0 Å². The van der Waals surface area contributed by atoms with Gasteiger partial charge in [0.2, 0.25) is 0 Å². The summed E-state index contributed by atoms with van der Waals surface area (Å²) in [4.78, 5) is 10.3. The van der Waals surface area contributed by atoms with E-state index in [2.05, 4.69) is 32.2 Å². The van der Waals surface area contributed by atoms with Crippen molar-refractivity contribution in [2.24, 2.45) is 0 Å². The van der Waals surface area contributed by atoms with Gasteiger partial charge in [0.15, 0.2) is 0 Å². The Morgan fingerprint density at radius 3 is 2.45 bits per heavy atom. The van der Waals surface area contributed by atoms with Gasteiger partial charge in [-0.2, -0.15) is 25.3 Å². The Balaban J connectivity index is 3.70. The highest BCUT2D eigenvalue weighted by molar-refractivity contribution is 8.00. The molecule has 0 aromatic heterocycles. The second-order valence-corrected chi connectivity index (χ2v) is 4.72. The zero-order valence-corrected chi connectivity index (χ0v) is 8.37. The maximum atomic E-state index is 10.3. The molecule has 2 nitrogen and oxygen atoms in total. The van der Waals surface area contributed by atoms with Crippen LogP contribution in [0, 0.1) is 0 Å². The molecule has 0 atom stereocenters. The van der Waals surface area contributed by atoms with Gasteiger partial charge in [-0.1, -0.05) is 19.8 Å². The lowest BCUT2D eigenvalue weighted by Gasteiger charge is -2.19. The third-order valence-corrected chi connectivity index (χ3v) is 2.13. The lowest BCUT2D eigenvalue weighted by molar-refractivity contribution is -0.137. The smallest absolute Gasteiger partial charge is 0.305 e. The first-order valence-corrected chi connectivity index (χ1v) is 4.54. The average Bonchev–Trinajstić information content (AvgIpc) is 1.81. The van der Waals surface area contributed by atoms with Crippen molar-refractivity contribution in [1.82, 2.24) is 0 Å². The fourth-order valence-electron chi connectivity index (χ4n) is 0.790. The van der Waals surface area contributed by atoms with Crippen LogP contribution in [0.3, 0.4) is 0 Å². The Morgan fingerprint density at radius 1 is 1.55 bits per heavy atom. The highest BCUT2D eigenvalue weighted by Gasteiger charge is 2.22. The third-order valence-electron chi connectivity index (χ3n) is 1.37. The number of thiol groups is 2. The predicted molar refractivity (Wildman–Crippen MR) is 52.5 cm³/mol. The first-order valence-electron chi connectivity index (χ1n) is 3.64. The lowest BCUT2D eigenvalue weighted by atomic mass is 10.1. The quantitative estimate of drug-likeness (QED) is 0.463. The number of hydrogen-bond donors (Lipinski definition) is 3. The molecule has 0 radical (unpaired) electrons. The molecule has 0 unspecified atom stereocenters. The average molecular weight is 194 g/mol. The van der Waals surface area contributed by atoms with E-state index in [4.69, 9.17) is 5.11 Å². The van der Waals surface area contributed by atoms with Gasteiger partial charge in [0.1, 0.15) is 0 Å². The van der Waals surface area contributed by atoms with Crippen LogP contribution in [0.25, 0.3) is 0 Å². The number of hydrogen-bond acceptors (Lipinski definition) is 3. The van der Waals surface area contributed by atoms with Gasteiger partial charge >= 0.3 is 5.97 Å². The second-order valence-electron chi connectivity index (χ2n) is 2.66. The number of carboxylic acids is 1. The first kappa shape index (κ1) is 11.2. The van der Waals surface area contributed by atoms with Crippen LogP contribution in [0.4, 0.5) is 0 Å². The van der Waals surface area contributed by atoms with Crippen molar-refractivity contribution in [3.8, 4) is 0 Å². The second kappa shape index (κ2) is 4.93. The van der Waals surface area contributed by atoms with Gasteiger partial charge in [0.05, 0.1) is 10.5 Å². The molecule has 0 aliphatic rings. The Labute approximate surface area is 78.2 Å². The maximum absolute atomic E-state index is 10.3. The van der Waals surface area contributed by atoms with Crippen LogP contribution in [0.1, 0.15) is 32.6 Å². The van der Waals surface area contributed by atoms with E-state index in [0.717, 1.165) is 19.3 Å². The van der Waals surface area contributed by atoms with Crippen LogP contribution >= 0.6 is 25.3 Å². The number of aliphatic carboxylic acids is 1. The van der Waals surface area contributed by atoms with Crippen LogP contribution in [0.5, 0.6) is 0 Å². The Hall–Kier alpha value is 0.170. The zero-order chi connectivity index (χ0) is 8.91. The molecule has 1 N–H and O–H groups in total. The van der Waals surface area contributed by atoms with Crippen molar-refractivity contribution >= 4 is 31.2 Å². The van der Waals surface area contributed by atoms with Crippen molar-refractivity contribution in [2.45, 2.75) is 36.7 Å². The van der Waals surface area contributed by atoms with E-state index >= 15 is 0 Å². The van der Waals surface area contributed by atoms with Gasteiger partial charge in [-0.05, 0) is 6.42 Å². The zero-order valence-electron chi connectivity index (χ0n) is 6.58. The van der Waals surface area contributed by atoms with E-state index in [1.807, 2.05) is 0 Å². The number of carbonyl (C=O) groups is 1. The Morgan fingerprint density at radius 2 is 2.09 bits per heavy atom. The van der Waals surface area contributed by atoms with Gasteiger partial charge in [-0.15, -0.1) is 0 Å². The van der Waals surface area contributed by atoms with Crippen molar-refractivity contribution in [1.29, 1.82) is 0 Å². The van der Waals surface area contributed by atoms with Crippen molar-refractivity contribution in [3.05, 3.63) is 0 Å². The molecule has 66 valence electrons. The minimum absolute atomic E-state index is 0.0131. The number of unbranched alkanes of at least 4 members (excludes halogenated alkanes) is 1. The molecular formula is C7H14O2S2. The maximum Gasteiger partial charge on any atom is 0.305 e. The summed E-state index contributed by atoms with van der Waals surface area (Å²) in [5, 5.41) is 8.45. The minimum atomic E-state index is -0.842. The van der Waals surface area contributed by atoms with Gasteiger partial charge in [0, 0.05) is 0 Å². The van der Waals surface area contributed by atoms with E-state index < -0.39 is 10.0 Å². The highest BCUT2D eigenvalue weighted by Crippen LogP contribution is 2.29. The molecule has 0 aliphatic heterocycles. The SMILES string of the molecule is CCCCC(S)(S)CC(=O)O. The van der Waals surface area contributed by atoms with E-state index in [-0.39, 0.29) is 6.42 Å². The largest absolute Gasteiger partial charge is 0.481 e. The van der Waals surface area contributed by atoms with Gasteiger partial charge in [0.25, 0.3) is 0 Å². The Kier molecular flexibility index (Phi) is 5.01. The van der Waals surface area contributed by atoms with Crippen LogP contribution < -0.4 is 0 Å². The van der Waals surface area contributed by atoms with Crippen LogP contribution in [-0.4, -0.2) is 15.2 Å². The van der Waals surface area contributed by atoms with E-state index in [1.165, 1.54) is 0 Å². The summed E-state index contributed by atoms with van der Waals surface area (Å²) in [6, 6.07) is 0. The summed E-state index contributed by atoms with van der Waals surface area (Å²) < 4.78 is -0.637. The molecule has 0 spiro atoms. The van der Waals surface area contributed by atoms with Crippen LogP contribution in [-0.2, 0) is 4.79 Å². The molecule has 0 saturated heterocycles. The fourth-order valence-corrected chi connectivity index (χ4v) is 1.38. The Bertz CT molecular complexity index is 134. The molecule has 0 saturated carbocycles. The molecule has 0 rings (SSSR count). The predicted octanol–water partition coefficient (Wildman–Crippen LogP) is 2.21. The van der Waals surface area contributed by atoms with Crippen LogP contribution in [0.15, 0.2) is 0 Å². The summed E-state index contributed by atoms with van der Waals surface area (Å²) in [7, 11) is 0. The molecule has 0 fully saturated rings. The summed E-state index contributed by atoms with van der Waals surface area (Å²) >= 11 is 8.29. The molecule has 0 aromatic carbocycles. The molecule has 0 aromatic rings. The summed E-state index contributed by atoms with van der Waals surface area (Å²) in [5.74, 6) is -0.842.